The van der Waals surface area contributed by atoms with E-state index < -0.39 is 0 Å². The Morgan fingerprint density at radius 2 is 2.70 bits per heavy atom. The van der Waals surface area contributed by atoms with Gasteiger partial charge in [0.1, 0.15) is 6.61 Å². The average molecular weight is 166 g/mol. The van der Waals surface area contributed by atoms with E-state index in [2.05, 4.69) is 9.03 Å². The van der Waals surface area contributed by atoms with Gasteiger partial charge in [-0.3, -0.25) is 4.29 Å². The van der Waals surface area contributed by atoms with Crippen molar-refractivity contribution in [1.82, 2.24) is 4.90 Å². The van der Waals surface area contributed by atoms with Gasteiger partial charge in [0.05, 0.1) is 24.5 Å². The van der Waals surface area contributed by atoms with Gasteiger partial charge in [0.25, 0.3) is 0 Å². The molecule has 1 rings (SSSR count). The largest absolute Gasteiger partial charge is 0.447 e. The van der Waals surface area contributed by atoms with E-state index in [1.165, 1.54) is 4.90 Å². The molecular formula is C5H8ClNO3. The number of hydrogen-bond donors (Lipinski definition) is 0. The highest BCUT2D eigenvalue weighted by atomic mass is 35.5. The van der Waals surface area contributed by atoms with Crippen LogP contribution in [0.3, 0.4) is 0 Å². The van der Waals surface area contributed by atoms with Crippen molar-refractivity contribution in [1.29, 1.82) is 0 Å². The van der Waals surface area contributed by atoms with Gasteiger partial charge in [0.15, 0.2) is 0 Å². The van der Waals surface area contributed by atoms with Crippen molar-refractivity contribution in [2.75, 3.05) is 20.3 Å². The lowest BCUT2D eigenvalue weighted by atomic mass is 10.3. The topological polar surface area (TPSA) is 38.8 Å². The summed E-state index contributed by atoms with van der Waals surface area (Å²) >= 11 is 5.00. The van der Waals surface area contributed by atoms with Crippen molar-refractivity contribution in [3.8, 4) is 0 Å². The Morgan fingerprint density at radius 3 is 3.10 bits per heavy atom. The monoisotopic (exact) mass is 165 g/mol. The number of likely N-dealkylation sites (N-methyl/N-ethyl adjacent to an activating group) is 1. The minimum atomic E-state index is -0.321. The van der Waals surface area contributed by atoms with E-state index in [1.54, 1.807) is 7.05 Å². The number of hydrogen-bond acceptors (Lipinski definition) is 3. The minimum absolute atomic E-state index is 0.0370. The molecule has 1 aliphatic heterocycles. The molecule has 1 fully saturated rings. The summed E-state index contributed by atoms with van der Waals surface area (Å²) in [6, 6.07) is -0.0370. The number of cyclic esters (lactones) is 1. The highest BCUT2D eigenvalue weighted by Gasteiger charge is 2.29. The molecule has 1 saturated heterocycles. The molecule has 4 nitrogen and oxygen atoms in total. The van der Waals surface area contributed by atoms with Crippen molar-refractivity contribution >= 4 is 18.0 Å². The summed E-state index contributed by atoms with van der Waals surface area (Å²) in [5.74, 6) is 0. The maximum atomic E-state index is 10.7. The molecule has 1 atom stereocenters. The first-order valence-electron chi connectivity index (χ1n) is 2.89. The average Bonchev–Trinajstić information content (AvgIpc) is 2.20. The van der Waals surface area contributed by atoms with Gasteiger partial charge < -0.3 is 9.64 Å². The highest BCUT2D eigenvalue weighted by molar-refractivity contribution is 6.07. The molecule has 0 saturated carbocycles. The van der Waals surface area contributed by atoms with Crippen LogP contribution in [0.5, 0.6) is 0 Å². The molecule has 1 heterocycles. The lowest BCUT2D eigenvalue weighted by molar-refractivity contribution is 0.163. The fourth-order valence-electron chi connectivity index (χ4n) is 0.763. The molecule has 0 aromatic rings. The van der Waals surface area contributed by atoms with Gasteiger partial charge in [-0.1, -0.05) is 0 Å². The Labute approximate surface area is 63.8 Å². The smallest absolute Gasteiger partial charge is 0.410 e. The van der Waals surface area contributed by atoms with Crippen LogP contribution in [-0.4, -0.2) is 37.3 Å². The zero-order valence-corrected chi connectivity index (χ0v) is 6.30. The molecule has 0 radical (unpaired) electrons. The summed E-state index contributed by atoms with van der Waals surface area (Å²) in [5, 5.41) is 0. The zero-order chi connectivity index (χ0) is 7.56. The second-order valence-corrected chi connectivity index (χ2v) is 2.34. The number of rotatable bonds is 2. The summed E-state index contributed by atoms with van der Waals surface area (Å²) in [5.41, 5.74) is 0. The summed E-state index contributed by atoms with van der Waals surface area (Å²) in [4.78, 5) is 12.1. The molecule has 1 aliphatic rings. The number of carbonyl (C=O) groups excluding carboxylic acids is 1. The normalized spacial score (nSPS) is 25.2. The van der Waals surface area contributed by atoms with Crippen LogP contribution < -0.4 is 0 Å². The summed E-state index contributed by atoms with van der Waals surface area (Å²) in [6.07, 6.45) is -0.321. The summed E-state index contributed by atoms with van der Waals surface area (Å²) < 4.78 is 9.02. The van der Waals surface area contributed by atoms with Crippen molar-refractivity contribution in [3.63, 3.8) is 0 Å². The third kappa shape index (κ3) is 1.33. The van der Waals surface area contributed by atoms with E-state index in [0.717, 1.165) is 0 Å². The van der Waals surface area contributed by atoms with E-state index in [-0.39, 0.29) is 12.1 Å². The van der Waals surface area contributed by atoms with E-state index in [0.29, 0.717) is 13.2 Å². The van der Waals surface area contributed by atoms with Gasteiger partial charge in [-0.25, -0.2) is 4.79 Å². The Kier molecular flexibility index (Phi) is 2.34. The molecule has 1 unspecified atom stereocenters. The van der Waals surface area contributed by atoms with Crippen LogP contribution in [0.25, 0.3) is 0 Å². The molecule has 0 aromatic carbocycles. The lowest BCUT2D eigenvalue weighted by Gasteiger charge is -2.12. The molecule has 0 aliphatic carbocycles. The molecule has 58 valence electrons. The van der Waals surface area contributed by atoms with E-state index in [9.17, 15) is 4.79 Å². The number of amides is 1. The molecule has 0 N–H and O–H groups in total. The summed E-state index contributed by atoms with van der Waals surface area (Å²) in [7, 11) is 1.65. The Balaban J connectivity index is 2.41. The van der Waals surface area contributed by atoms with Crippen LogP contribution in [0.4, 0.5) is 4.79 Å². The fourth-order valence-corrected chi connectivity index (χ4v) is 0.908. The maximum Gasteiger partial charge on any atom is 0.410 e. The second-order valence-electron chi connectivity index (χ2n) is 2.12. The van der Waals surface area contributed by atoms with Crippen LogP contribution in [0.1, 0.15) is 0 Å². The standard InChI is InChI=1S/C5H8ClNO3/c1-7-4(3-10-6)2-9-5(7)8/h4H,2-3H2,1H3. The number of carbonyl (C=O) groups is 1. The van der Waals surface area contributed by atoms with Gasteiger partial charge in [-0.2, -0.15) is 0 Å². The SMILES string of the molecule is CN1C(=O)OCC1COCl. The molecule has 10 heavy (non-hydrogen) atoms. The van der Waals surface area contributed by atoms with Gasteiger partial charge >= 0.3 is 6.09 Å². The predicted molar refractivity (Wildman–Crippen MR) is 34.7 cm³/mol. The van der Waals surface area contributed by atoms with E-state index in [4.69, 9.17) is 11.9 Å². The first-order chi connectivity index (χ1) is 4.75. The quantitative estimate of drug-likeness (QED) is 0.602. The first-order valence-corrected chi connectivity index (χ1v) is 3.19. The Hall–Kier alpha value is -0.480. The maximum absolute atomic E-state index is 10.7. The highest BCUT2D eigenvalue weighted by Crippen LogP contribution is 2.09. The third-order valence-corrected chi connectivity index (χ3v) is 1.62. The molecule has 0 aromatic heterocycles. The molecule has 0 bridgehead atoms. The molecule has 0 spiro atoms. The van der Waals surface area contributed by atoms with Crippen LogP contribution in [0.2, 0.25) is 0 Å². The third-order valence-electron chi connectivity index (χ3n) is 1.49. The number of halogens is 1. The van der Waals surface area contributed by atoms with Crippen molar-refractivity contribution in [2.24, 2.45) is 0 Å². The predicted octanol–water partition coefficient (Wildman–Crippen LogP) is 0.607. The number of ether oxygens (including phenoxy) is 1. The van der Waals surface area contributed by atoms with Crippen LogP contribution >= 0.6 is 11.9 Å². The van der Waals surface area contributed by atoms with Gasteiger partial charge in [-0.05, 0) is 0 Å². The van der Waals surface area contributed by atoms with Crippen molar-refractivity contribution < 1.29 is 13.8 Å². The summed E-state index contributed by atoms with van der Waals surface area (Å²) in [6.45, 7) is 0.672. The second kappa shape index (κ2) is 3.07. The fraction of sp³-hybridized carbons (Fsp3) is 0.800. The molecular weight excluding hydrogens is 158 g/mol. The van der Waals surface area contributed by atoms with Gasteiger partial charge in [0.2, 0.25) is 0 Å². The Bertz CT molecular complexity index is 141. The van der Waals surface area contributed by atoms with Crippen LogP contribution in [0.15, 0.2) is 0 Å². The van der Waals surface area contributed by atoms with E-state index in [1.807, 2.05) is 0 Å². The first kappa shape index (κ1) is 7.63. The van der Waals surface area contributed by atoms with Gasteiger partial charge in [0, 0.05) is 7.05 Å². The van der Waals surface area contributed by atoms with E-state index >= 15 is 0 Å². The zero-order valence-electron chi connectivity index (χ0n) is 5.54. The number of nitrogens with zero attached hydrogens (tertiary/aromatic N) is 1. The van der Waals surface area contributed by atoms with Gasteiger partial charge in [-0.15, -0.1) is 0 Å². The Morgan fingerprint density at radius 1 is 2.00 bits per heavy atom. The minimum Gasteiger partial charge on any atom is -0.447 e. The van der Waals surface area contributed by atoms with Crippen molar-refractivity contribution in [2.45, 2.75) is 6.04 Å². The lowest BCUT2D eigenvalue weighted by Crippen LogP contribution is -2.32. The van der Waals surface area contributed by atoms with Crippen LogP contribution in [0, 0.1) is 0 Å². The van der Waals surface area contributed by atoms with Crippen LogP contribution in [-0.2, 0) is 9.03 Å². The molecule has 5 heteroatoms. The molecule has 1 amide bonds. The van der Waals surface area contributed by atoms with Crippen molar-refractivity contribution in [3.05, 3.63) is 0 Å².